The normalized spacial score (nSPS) is 12.2. The number of benzene rings is 1. The molecule has 1 aromatic heterocycles. The zero-order chi connectivity index (χ0) is 24.7. The smallest absolute Gasteiger partial charge is 0.330 e. The van der Waals surface area contributed by atoms with Gasteiger partial charge < -0.3 is 20.6 Å². The number of aliphatic hydroxyl groups excluding tert-OH is 1. The molecule has 182 valence electrons. The lowest BCUT2D eigenvalue weighted by Crippen LogP contribution is -2.47. The molecule has 0 saturated heterocycles. The van der Waals surface area contributed by atoms with E-state index in [-0.39, 0.29) is 48.9 Å². The molecular formula is C24H37N5O4. The Bertz CT molecular complexity index is 1030. The molecule has 1 heterocycles. The Labute approximate surface area is 194 Å². The molecule has 33 heavy (non-hydrogen) atoms. The Hall–Kier alpha value is -3.07. The maximum atomic E-state index is 13.6. The van der Waals surface area contributed by atoms with Crippen molar-refractivity contribution in [1.29, 1.82) is 0 Å². The number of aliphatic hydroxyl groups is 1. The maximum Gasteiger partial charge on any atom is 0.330 e. The van der Waals surface area contributed by atoms with Crippen LogP contribution < -0.4 is 26.8 Å². The summed E-state index contributed by atoms with van der Waals surface area (Å²) in [5, 5.41) is 10.3. The van der Waals surface area contributed by atoms with E-state index in [1.165, 1.54) is 9.47 Å². The van der Waals surface area contributed by atoms with Crippen LogP contribution in [0.25, 0.3) is 0 Å². The summed E-state index contributed by atoms with van der Waals surface area (Å²) in [6.07, 6.45) is -0.0713. The van der Waals surface area contributed by atoms with E-state index in [1.807, 2.05) is 65.0 Å². The van der Waals surface area contributed by atoms with E-state index in [1.54, 1.807) is 4.90 Å². The predicted octanol–water partition coefficient (Wildman–Crippen LogP) is 2.04. The number of aromatic nitrogens is 2. The number of carbonyl (C=O) groups is 1. The first-order valence-electron chi connectivity index (χ1n) is 11.5. The van der Waals surface area contributed by atoms with Crippen LogP contribution in [0.5, 0.6) is 0 Å². The predicted molar refractivity (Wildman–Crippen MR) is 133 cm³/mol. The minimum Gasteiger partial charge on any atom is -0.391 e. The number of para-hydroxylation sites is 1. The number of nitrogen functional groups attached to an aromatic ring is 1. The van der Waals surface area contributed by atoms with Gasteiger partial charge in [-0.25, -0.2) is 4.79 Å². The van der Waals surface area contributed by atoms with Crippen LogP contribution in [0.2, 0.25) is 0 Å². The third-order valence-corrected chi connectivity index (χ3v) is 5.23. The minimum atomic E-state index is -0.689. The number of rotatable bonds is 11. The zero-order valence-electron chi connectivity index (χ0n) is 20.2. The number of hydrogen-bond acceptors (Lipinski definition) is 6. The van der Waals surface area contributed by atoms with Gasteiger partial charge in [-0.2, -0.15) is 0 Å². The van der Waals surface area contributed by atoms with Crippen molar-refractivity contribution in [2.24, 2.45) is 11.8 Å². The fraction of sp³-hybridized carbons (Fsp3) is 0.542. The van der Waals surface area contributed by atoms with Gasteiger partial charge in [0.05, 0.1) is 12.6 Å². The van der Waals surface area contributed by atoms with Gasteiger partial charge in [0.25, 0.3) is 5.56 Å². The third-order valence-electron chi connectivity index (χ3n) is 5.23. The second kappa shape index (κ2) is 11.7. The van der Waals surface area contributed by atoms with Crippen LogP contribution in [-0.2, 0) is 11.3 Å². The number of amides is 1. The van der Waals surface area contributed by atoms with E-state index in [9.17, 15) is 19.5 Å². The Morgan fingerprint density at radius 2 is 1.73 bits per heavy atom. The fourth-order valence-electron chi connectivity index (χ4n) is 3.60. The highest BCUT2D eigenvalue weighted by Gasteiger charge is 2.27. The molecule has 1 atom stereocenters. The first kappa shape index (κ1) is 26.2. The average molecular weight is 460 g/mol. The zero-order valence-corrected chi connectivity index (χ0v) is 20.2. The summed E-state index contributed by atoms with van der Waals surface area (Å²) < 4.78 is 1.30. The van der Waals surface area contributed by atoms with Crippen molar-refractivity contribution in [3.05, 3.63) is 51.2 Å². The van der Waals surface area contributed by atoms with Gasteiger partial charge in [-0.05, 0) is 30.4 Å². The van der Waals surface area contributed by atoms with Crippen molar-refractivity contribution in [2.75, 3.05) is 35.2 Å². The molecule has 0 fully saturated rings. The summed E-state index contributed by atoms with van der Waals surface area (Å²) in [5.41, 5.74) is 5.78. The number of nitrogens with two attached hydrogens (primary N) is 1. The largest absolute Gasteiger partial charge is 0.391 e. The molecule has 0 unspecified atom stereocenters. The molecule has 1 aromatic carbocycles. The molecule has 2 aromatic rings. The van der Waals surface area contributed by atoms with Crippen LogP contribution in [0.3, 0.4) is 0 Å². The fourth-order valence-corrected chi connectivity index (χ4v) is 3.60. The first-order chi connectivity index (χ1) is 15.5. The summed E-state index contributed by atoms with van der Waals surface area (Å²) >= 11 is 0. The molecular weight excluding hydrogens is 422 g/mol. The van der Waals surface area contributed by atoms with E-state index in [2.05, 4.69) is 4.98 Å². The molecule has 0 bridgehead atoms. The van der Waals surface area contributed by atoms with Gasteiger partial charge in [0.15, 0.2) is 5.69 Å². The van der Waals surface area contributed by atoms with E-state index in [0.29, 0.717) is 13.0 Å². The van der Waals surface area contributed by atoms with E-state index >= 15 is 0 Å². The van der Waals surface area contributed by atoms with Crippen LogP contribution in [-0.4, -0.2) is 46.3 Å². The van der Waals surface area contributed by atoms with Gasteiger partial charge in [-0.1, -0.05) is 52.8 Å². The van der Waals surface area contributed by atoms with Crippen molar-refractivity contribution < 1.29 is 9.90 Å². The number of H-pyrrole nitrogens is 1. The summed E-state index contributed by atoms with van der Waals surface area (Å²) in [6, 6.07) is 9.34. The molecule has 9 heteroatoms. The molecule has 9 nitrogen and oxygen atoms in total. The maximum absolute atomic E-state index is 13.6. The Balaban J connectivity index is 2.50. The number of nitrogens with zero attached hydrogens (tertiary/aromatic N) is 3. The van der Waals surface area contributed by atoms with E-state index in [4.69, 9.17) is 5.73 Å². The number of nitrogens with one attached hydrogen (secondary N) is 1. The van der Waals surface area contributed by atoms with E-state index < -0.39 is 17.4 Å². The topological polar surface area (TPSA) is 125 Å². The lowest BCUT2D eigenvalue weighted by Gasteiger charge is -2.31. The highest BCUT2D eigenvalue weighted by Crippen LogP contribution is 2.21. The summed E-state index contributed by atoms with van der Waals surface area (Å²) in [4.78, 5) is 44.2. The van der Waals surface area contributed by atoms with Gasteiger partial charge in [-0.3, -0.25) is 19.1 Å². The van der Waals surface area contributed by atoms with Gasteiger partial charge in [-0.15, -0.1) is 0 Å². The minimum absolute atomic E-state index is 0.0157. The van der Waals surface area contributed by atoms with Crippen molar-refractivity contribution in [3.63, 3.8) is 0 Å². The van der Waals surface area contributed by atoms with Crippen LogP contribution in [0.15, 0.2) is 39.9 Å². The van der Waals surface area contributed by atoms with Gasteiger partial charge in [0.1, 0.15) is 5.82 Å². The van der Waals surface area contributed by atoms with Gasteiger partial charge in [0.2, 0.25) is 5.91 Å². The second-order valence-corrected chi connectivity index (χ2v) is 9.17. The number of aromatic amines is 1. The van der Waals surface area contributed by atoms with Crippen molar-refractivity contribution in [3.8, 4) is 0 Å². The molecule has 0 spiro atoms. The Morgan fingerprint density at radius 3 is 2.27 bits per heavy atom. The first-order valence-corrected chi connectivity index (χ1v) is 11.5. The lowest BCUT2D eigenvalue weighted by atomic mass is 10.1. The summed E-state index contributed by atoms with van der Waals surface area (Å²) in [5.74, 6) is -0.208. The molecule has 1 amide bonds. The quantitative estimate of drug-likeness (QED) is 0.472. The third kappa shape index (κ3) is 6.95. The number of hydrogen-bond donors (Lipinski definition) is 3. The molecule has 2 rings (SSSR count). The standard InChI is InChI=1S/C24H37N5O4/c1-6-19(30)14-27(18-10-8-7-9-11-18)15-20(31)28(12-16(2)3)21-22(25)29(13-17(4)5)24(33)26-23(21)32/h7-11,16-17,19,30H,6,12-15,25H2,1-5H3,(H,26,32,33)/t19-/m1/s1. The second-order valence-electron chi connectivity index (χ2n) is 9.17. The summed E-state index contributed by atoms with van der Waals surface area (Å²) in [7, 11) is 0. The highest BCUT2D eigenvalue weighted by molar-refractivity contribution is 5.98. The molecule has 0 aliphatic carbocycles. The molecule has 0 radical (unpaired) electrons. The SMILES string of the molecule is CC[C@@H](O)CN(CC(=O)N(CC(C)C)c1c(N)n(CC(C)C)c(=O)[nH]c1=O)c1ccccc1. The molecule has 4 N–H and O–H groups in total. The van der Waals surface area contributed by atoms with Crippen molar-refractivity contribution >= 4 is 23.1 Å². The number of carbonyl (C=O) groups excluding carboxylic acids is 1. The highest BCUT2D eigenvalue weighted by atomic mass is 16.3. The van der Waals surface area contributed by atoms with Crippen LogP contribution >= 0.6 is 0 Å². The van der Waals surface area contributed by atoms with Crippen LogP contribution in [0, 0.1) is 11.8 Å². The monoisotopic (exact) mass is 459 g/mol. The molecule has 0 saturated carbocycles. The van der Waals surface area contributed by atoms with Crippen LogP contribution in [0.4, 0.5) is 17.2 Å². The summed E-state index contributed by atoms with van der Waals surface area (Å²) in [6.45, 7) is 10.4. The van der Waals surface area contributed by atoms with Crippen molar-refractivity contribution in [1.82, 2.24) is 9.55 Å². The van der Waals surface area contributed by atoms with Crippen LogP contribution in [0.1, 0.15) is 41.0 Å². The van der Waals surface area contributed by atoms with Gasteiger partial charge in [0, 0.05) is 25.3 Å². The van der Waals surface area contributed by atoms with Gasteiger partial charge >= 0.3 is 5.69 Å². The Kier molecular flexibility index (Phi) is 9.28. The van der Waals surface area contributed by atoms with Crippen molar-refractivity contribution in [2.45, 2.75) is 53.7 Å². The number of anilines is 3. The molecule has 0 aliphatic heterocycles. The average Bonchev–Trinajstić information content (AvgIpc) is 2.75. The molecule has 0 aliphatic rings. The lowest BCUT2D eigenvalue weighted by molar-refractivity contribution is -0.117. The van der Waals surface area contributed by atoms with E-state index in [0.717, 1.165) is 5.69 Å². The Morgan fingerprint density at radius 1 is 1.09 bits per heavy atom.